The third kappa shape index (κ3) is 3.32. The van der Waals surface area contributed by atoms with Gasteiger partial charge in [-0.05, 0) is 26.7 Å². The predicted octanol–water partition coefficient (Wildman–Crippen LogP) is 1.39. The average molecular weight is 212 g/mol. The van der Waals surface area contributed by atoms with Crippen LogP contribution in [0.25, 0.3) is 0 Å². The van der Waals surface area contributed by atoms with Crippen molar-refractivity contribution in [2.45, 2.75) is 45.2 Å². The van der Waals surface area contributed by atoms with Gasteiger partial charge in [0, 0.05) is 24.2 Å². The molecule has 1 saturated heterocycles. The van der Waals surface area contributed by atoms with Crippen molar-refractivity contribution in [3.63, 3.8) is 0 Å². The summed E-state index contributed by atoms with van der Waals surface area (Å²) < 4.78 is 0. The number of nitrogens with one attached hydrogen (secondary N) is 1. The van der Waals surface area contributed by atoms with Crippen molar-refractivity contribution in [1.29, 1.82) is 0 Å². The van der Waals surface area contributed by atoms with Crippen LogP contribution in [0.15, 0.2) is 12.2 Å². The fourth-order valence-corrected chi connectivity index (χ4v) is 2.00. The van der Waals surface area contributed by atoms with Crippen molar-refractivity contribution in [1.82, 2.24) is 10.4 Å². The van der Waals surface area contributed by atoms with Crippen LogP contribution in [0.5, 0.6) is 0 Å². The van der Waals surface area contributed by atoms with E-state index in [1.807, 2.05) is 0 Å². The maximum Gasteiger partial charge on any atom is 0.332 e. The van der Waals surface area contributed by atoms with E-state index in [0.29, 0.717) is 18.6 Å². The monoisotopic (exact) mass is 212 g/mol. The Labute approximate surface area is 90.9 Å². The smallest absolute Gasteiger partial charge is 0.332 e. The molecule has 2 N–H and O–H groups in total. The Bertz CT molecular complexity index is 243. The van der Waals surface area contributed by atoms with Crippen molar-refractivity contribution < 1.29 is 9.90 Å². The van der Waals surface area contributed by atoms with Gasteiger partial charge in [0.15, 0.2) is 0 Å². The molecule has 0 radical (unpaired) electrons. The second-order valence-electron chi connectivity index (χ2n) is 4.28. The second-order valence-corrected chi connectivity index (χ2v) is 4.28. The molecule has 0 aromatic carbocycles. The van der Waals surface area contributed by atoms with Gasteiger partial charge in [-0.25, -0.2) is 9.80 Å². The van der Waals surface area contributed by atoms with E-state index in [0.717, 1.165) is 12.8 Å². The lowest BCUT2D eigenvalue weighted by Crippen LogP contribution is -2.52. The summed E-state index contributed by atoms with van der Waals surface area (Å²) in [6.45, 7) is 8.14. The van der Waals surface area contributed by atoms with Crippen LogP contribution in [0.1, 0.15) is 33.1 Å². The highest BCUT2D eigenvalue weighted by Gasteiger charge is 2.24. The van der Waals surface area contributed by atoms with Crippen molar-refractivity contribution >= 4 is 5.97 Å². The number of carboxylic acids is 1. The molecule has 1 heterocycles. The van der Waals surface area contributed by atoms with Gasteiger partial charge >= 0.3 is 5.97 Å². The first-order valence-corrected chi connectivity index (χ1v) is 5.45. The van der Waals surface area contributed by atoms with Crippen LogP contribution in [0.2, 0.25) is 0 Å². The topological polar surface area (TPSA) is 52.6 Å². The summed E-state index contributed by atoms with van der Waals surface area (Å²) >= 11 is 0. The van der Waals surface area contributed by atoms with Gasteiger partial charge in [-0.1, -0.05) is 13.0 Å². The second kappa shape index (κ2) is 5.28. The van der Waals surface area contributed by atoms with Crippen LogP contribution in [0, 0.1) is 0 Å². The highest BCUT2D eigenvalue weighted by molar-refractivity contribution is 5.86. The Kier molecular flexibility index (Phi) is 4.29. The zero-order valence-electron chi connectivity index (χ0n) is 9.49. The maximum absolute atomic E-state index is 10.6. The van der Waals surface area contributed by atoms with Gasteiger partial charge in [0.05, 0.1) is 0 Å². The molecule has 2 unspecified atom stereocenters. The van der Waals surface area contributed by atoms with Crippen molar-refractivity contribution in [2.24, 2.45) is 0 Å². The molecule has 0 bridgehead atoms. The fourth-order valence-electron chi connectivity index (χ4n) is 2.00. The molecule has 86 valence electrons. The first-order valence-electron chi connectivity index (χ1n) is 5.45. The van der Waals surface area contributed by atoms with Crippen LogP contribution >= 0.6 is 0 Å². The van der Waals surface area contributed by atoms with E-state index in [4.69, 9.17) is 5.11 Å². The molecular formula is C11H20N2O2. The summed E-state index contributed by atoms with van der Waals surface area (Å²) in [7, 11) is 0. The van der Waals surface area contributed by atoms with E-state index in [9.17, 15) is 4.79 Å². The van der Waals surface area contributed by atoms with Gasteiger partial charge in [0.2, 0.25) is 0 Å². The number of piperidine rings is 1. The summed E-state index contributed by atoms with van der Waals surface area (Å²) in [5, 5.41) is 10.8. The zero-order chi connectivity index (χ0) is 11.4. The number of aliphatic carboxylic acids is 1. The minimum Gasteiger partial charge on any atom is -0.478 e. The molecule has 1 fully saturated rings. The van der Waals surface area contributed by atoms with Crippen LogP contribution < -0.4 is 5.43 Å². The molecule has 0 spiro atoms. The number of rotatable bonds is 4. The Morgan fingerprint density at radius 2 is 2.00 bits per heavy atom. The summed E-state index contributed by atoms with van der Waals surface area (Å²) in [4.78, 5) is 10.6. The van der Waals surface area contributed by atoms with E-state index >= 15 is 0 Å². The molecule has 1 rings (SSSR count). The summed E-state index contributed by atoms with van der Waals surface area (Å²) in [6, 6.07) is 0.936. The molecule has 0 aromatic heterocycles. The van der Waals surface area contributed by atoms with E-state index in [-0.39, 0.29) is 5.57 Å². The average Bonchev–Trinajstić information content (AvgIpc) is 2.16. The minimum atomic E-state index is -0.931. The third-order valence-electron chi connectivity index (χ3n) is 2.97. The van der Waals surface area contributed by atoms with Crippen LogP contribution in [-0.2, 0) is 4.79 Å². The number of hydrazine groups is 1. The van der Waals surface area contributed by atoms with Gasteiger partial charge in [-0.3, -0.25) is 5.43 Å². The van der Waals surface area contributed by atoms with Crippen LogP contribution in [-0.4, -0.2) is 34.7 Å². The molecule has 15 heavy (non-hydrogen) atoms. The normalized spacial score (nSPS) is 27.6. The lowest BCUT2D eigenvalue weighted by Gasteiger charge is -2.39. The minimum absolute atomic E-state index is 0.208. The highest BCUT2D eigenvalue weighted by atomic mass is 16.4. The summed E-state index contributed by atoms with van der Waals surface area (Å²) in [6.07, 6.45) is 3.58. The Balaban J connectivity index is 2.42. The number of carbonyl (C=O) groups is 1. The molecule has 4 heteroatoms. The molecule has 0 aromatic rings. The van der Waals surface area contributed by atoms with Crippen molar-refractivity contribution in [3.05, 3.63) is 12.2 Å². The third-order valence-corrected chi connectivity index (χ3v) is 2.97. The largest absolute Gasteiger partial charge is 0.478 e. The Morgan fingerprint density at radius 3 is 2.47 bits per heavy atom. The first kappa shape index (κ1) is 12.2. The Morgan fingerprint density at radius 1 is 1.47 bits per heavy atom. The van der Waals surface area contributed by atoms with Gasteiger partial charge in [-0.15, -0.1) is 0 Å². The molecule has 0 saturated carbocycles. The number of hydrogen-bond acceptors (Lipinski definition) is 3. The zero-order valence-corrected chi connectivity index (χ0v) is 9.49. The number of carboxylic acid groups (broad SMARTS) is 1. The van der Waals surface area contributed by atoms with Gasteiger partial charge in [-0.2, -0.15) is 0 Å². The molecule has 0 amide bonds. The molecule has 2 atom stereocenters. The first-order chi connectivity index (χ1) is 7.02. The SMILES string of the molecule is C=C(CNN1C(C)CCCC1C)C(=O)O. The maximum atomic E-state index is 10.6. The fraction of sp³-hybridized carbons (Fsp3) is 0.727. The lowest BCUT2D eigenvalue weighted by atomic mass is 10.00. The van der Waals surface area contributed by atoms with Gasteiger partial charge < -0.3 is 5.11 Å². The molecule has 0 aliphatic carbocycles. The number of nitrogens with zero attached hydrogens (tertiary/aromatic N) is 1. The van der Waals surface area contributed by atoms with E-state index in [2.05, 4.69) is 30.9 Å². The van der Waals surface area contributed by atoms with Gasteiger partial charge in [0.25, 0.3) is 0 Å². The lowest BCUT2D eigenvalue weighted by molar-refractivity contribution is -0.132. The molecule has 1 aliphatic heterocycles. The standard InChI is InChI=1S/C11H20N2O2/c1-8(11(14)15)7-12-13-9(2)5-4-6-10(13)3/h9-10,12H,1,4-7H2,2-3H3,(H,14,15). The van der Waals surface area contributed by atoms with Crippen molar-refractivity contribution in [3.8, 4) is 0 Å². The van der Waals surface area contributed by atoms with Crippen molar-refractivity contribution in [2.75, 3.05) is 6.54 Å². The predicted molar refractivity (Wildman–Crippen MR) is 59.4 cm³/mol. The molecule has 1 aliphatic rings. The van der Waals surface area contributed by atoms with Crippen LogP contribution in [0.4, 0.5) is 0 Å². The Hall–Kier alpha value is -0.870. The van der Waals surface area contributed by atoms with Gasteiger partial charge in [0.1, 0.15) is 0 Å². The highest BCUT2D eigenvalue weighted by Crippen LogP contribution is 2.20. The van der Waals surface area contributed by atoms with E-state index in [1.165, 1.54) is 6.42 Å². The van der Waals surface area contributed by atoms with Crippen LogP contribution in [0.3, 0.4) is 0 Å². The quantitative estimate of drug-likeness (QED) is 0.692. The molecule has 4 nitrogen and oxygen atoms in total. The number of hydrogen-bond donors (Lipinski definition) is 2. The summed E-state index contributed by atoms with van der Waals surface area (Å²) in [5.74, 6) is -0.931. The van der Waals surface area contributed by atoms with E-state index < -0.39 is 5.97 Å². The van der Waals surface area contributed by atoms with E-state index in [1.54, 1.807) is 0 Å². The summed E-state index contributed by atoms with van der Waals surface area (Å²) in [5.41, 5.74) is 3.36. The molecular weight excluding hydrogens is 192 g/mol.